The maximum atomic E-state index is 12.3. The van der Waals surface area contributed by atoms with Gasteiger partial charge in [0.05, 0.1) is 20.3 Å². The molecule has 0 fully saturated rings. The molecule has 1 amide bonds. The van der Waals surface area contributed by atoms with Crippen LogP contribution in [0, 0.1) is 5.92 Å². The van der Waals surface area contributed by atoms with Crippen LogP contribution in [0.3, 0.4) is 0 Å². The lowest BCUT2D eigenvalue weighted by Crippen LogP contribution is -2.45. The van der Waals surface area contributed by atoms with Gasteiger partial charge in [-0.3, -0.25) is 4.79 Å². The average Bonchev–Trinajstić information content (AvgIpc) is 2.75. The predicted molar refractivity (Wildman–Crippen MR) is 80.2 cm³/mol. The molecule has 1 aliphatic rings. The maximum Gasteiger partial charge on any atom is 0.328 e. The van der Waals surface area contributed by atoms with E-state index in [1.54, 1.807) is 18.2 Å². The van der Waals surface area contributed by atoms with Crippen LogP contribution in [-0.2, 0) is 9.53 Å². The van der Waals surface area contributed by atoms with Crippen molar-refractivity contribution in [1.29, 1.82) is 0 Å². The topological polar surface area (TPSA) is 73.9 Å². The molecule has 0 radical (unpaired) electrons. The van der Waals surface area contributed by atoms with E-state index >= 15 is 0 Å². The Balaban J connectivity index is 2.15. The van der Waals surface area contributed by atoms with E-state index in [1.165, 1.54) is 7.11 Å². The Hall–Kier alpha value is -2.24. The maximum absolute atomic E-state index is 12.3. The van der Waals surface area contributed by atoms with Crippen molar-refractivity contribution < 1.29 is 23.8 Å². The highest BCUT2D eigenvalue weighted by Gasteiger charge is 2.25. The monoisotopic (exact) mass is 307 g/mol. The summed E-state index contributed by atoms with van der Waals surface area (Å²) in [6, 6.07) is 4.30. The summed E-state index contributed by atoms with van der Waals surface area (Å²) < 4.78 is 15.8. The van der Waals surface area contributed by atoms with E-state index in [9.17, 15) is 9.59 Å². The first-order valence-corrected chi connectivity index (χ1v) is 7.31. The Morgan fingerprint density at radius 2 is 1.86 bits per heavy atom. The molecule has 2 rings (SSSR count). The Kier molecular flexibility index (Phi) is 5.25. The minimum atomic E-state index is -0.687. The molecule has 1 heterocycles. The molecular weight excluding hydrogens is 286 g/mol. The third kappa shape index (κ3) is 3.69. The normalized spacial score (nSPS) is 14.9. The number of carbonyl (C=O) groups is 2. The lowest BCUT2D eigenvalue weighted by molar-refractivity contribution is -0.144. The Labute approximate surface area is 129 Å². The zero-order valence-electron chi connectivity index (χ0n) is 13.0. The molecule has 1 N–H and O–H groups in total. The molecule has 120 valence electrons. The van der Waals surface area contributed by atoms with Gasteiger partial charge < -0.3 is 19.5 Å². The second-order valence-electron chi connectivity index (χ2n) is 5.43. The van der Waals surface area contributed by atoms with Crippen molar-refractivity contribution in [2.45, 2.75) is 26.3 Å². The first-order chi connectivity index (χ1) is 10.5. The van der Waals surface area contributed by atoms with Crippen LogP contribution in [0.5, 0.6) is 11.5 Å². The molecule has 0 saturated heterocycles. The van der Waals surface area contributed by atoms with Crippen LogP contribution < -0.4 is 14.8 Å². The van der Waals surface area contributed by atoms with Gasteiger partial charge in [0.1, 0.15) is 6.04 Å². The second-order valence-corrected chi connectivity index (χ2v) is 5.43. The Bertz CT molecular complexity index is 555. The summed E-state index contributed by atoms with van der Waals surface area (Å²) >= 11 is 0. The van der Waals surface area contributed by atoms with Crippen molar-refractivity contribution in [2.24, 2.45) is 5.92 Å². The lowest BCUT2D eigenvalue weighted by Gasteiger charge is -2.20. The number of esters is 1. The van der Waals surface area contributed by atoms with Gasteiger partial charge in [0, 0.05) is 12.0 Å². The molecule has 0 aromatic heterocycles. The lowest BCUT2D eigenvalue weighted by atomic mass is 10.0. The van der Waals surface area contributed by atoms with Crippen molar-refractivity contribution in [3.8, 4) is 11.5 Å². The molecule has 0 bridgehead atoms. The van der Waals surface area contributed by atoms with E-state index in [4.69, 9.17) is 14.2 Å². The second kappa shape index (κ2) is 7.15. The molecule has 6 heteroatoms. The van der Waals surface area contributed by atoms with E-state index in [0.717, 1.165) is 6.42 Å². The van der Waals surface area contributed by atoms with E-state index in [2.05, 4.69) is 5.32 Å². The van der Waals surface area contributed by atoms with Gasteiger partial charge in [0.25, 0.3) is 5.91 Å². The highest BCUT2D eigenvalue weighted by Crippen LogP contribution is 2.30. The minimum Gasteiger partial charge on any atom is -0.490 e. The molecule has 1 aliphatic heterocycles. The van der Waals surface area contributed by atoms with Crippen LogP contribution in [0.15, 0.2) is 18.2 Å². The number of benzene rings is 1. The number of amides is 1. The largest absolute Gasteiger partial charge is 0.490 e. The molecule has 0 unspecified atom stereocenters. The average molecular weight is 307 g/mol. The number of nitrogens with one attached hydrogen (secondary N) is 1. The number of hydrogen-bond donors (Lipinski definition) is 1. The molecule has 1 aromatic rings. The van der Waals surface area contributed by atoms with Crippen LogP contribution in [0.2, 0.25) is 0 Å². The molecule has 22 heavy (non-hydrogen) atoms. The minimum absolute atomic E-state index is 0.0724. The van der Waals surface area contributed by atoms with Crippen molar-refractivity contribution in [3.05, 3.63) is 23.8 Å². The molecule has 1 aromatic carbocycles. The smallest absolute Gasteiger partial charge is 0.328 e. The third-order valence-electron chi connectivity index (χ3n) is 3.42. The van der Waals surface area contributed by atoms with E-state index in [0.29, 0.717) is 30.3 Å². The van der Waals surface area contributed by atoms with Crippen molar-refractivity contribution in [1.82, 2.24) is 5.32 Å². The van der Waals surface area contributed by atoms with Crippen LogP contribution in [0.4, 0.5) is 0 Å². The summed E-state index contributed by atoms with van der Waals surface area (Å²) in [5.41, 5.74) is 0.416. The van der Waals surface area contributed by atoms with Crippen LogP contribution in [-0.4, -0.2) is 38.2 Å². The summed E-state index contributed by atoms with van der Waals surface area (Å²) in [6.45, 7) is 4.83. The fraction of sp³-hybridized carbons (Fsp3) is 0.500. The first-order valence-electron chi connectivity index (χ1n) is 7.31. The van der Waals surface area contributed by atoms with Gasteiger partial charge in [0.2, 0.25) is 0 Å². The molecule has 6 nitrogen and oxygen atoms in total. The van der Waals surface area contributed by atoms with Crippen molar-refractivity contribution in [2.75, 3.05) is 20.3 Å². The zero-order chi connectivity index (χ0) is 16.1. The summed E-state index contributed by atoms with van der Waals surface area (Å²) in [7, 11) is 1.30. The zero-order valence-corrected chi connectivity index (χ0v) is 13.0. The van der Waals surface area contributed by atoms with E-state index in [1.807, 2.05) is 13.8 Å². The summed E-state index contributed by atoms with van der Waals surface area (Å²) in [6.07, 6.45) is 0.800. The fourth-order valence-electron chi connectivity index (χ4n) is 2.15. The van der Waals surface area contributed by atoms with Crippen LogP contribution in [0.1, 0.15) is 30.6 Å². The Morgan fingerprint density at radius 3 is 2.50 bits per heavy atom. The summed E-state index contributed by atoms with van der Waals surface area (Å²) in [4.78, 5) is 24.1. The molecule has 0 spiro atoms. The molecule has 0 aliphatic carbocycles. The van der Waals surface area contributed by atoms with Gasteiger partial charge in [-0.2, -0.15) is 0 Å². The van der Waals surface area contributed by atoms with Crippen molar-refractivity contribution in [3.63, 3.8) is 0 Å². The quantitative estimate of drug-likeness (QED) is 0.858. The van der Waals surface area contributed by atoms with Gasteiger partial charge in [0.15, 0.2) is 11.5 Å². The van der Waals surface area contributed by atoms with Gasteiger partial charge in [-0.25, -0.2) is 4.79 Å². The van der Waals surface area contributed by atoms with E-state index < -0.39 is 12.0 Å². The molecular formula is C16H21NO5. The Morgan fingerprint density at radius 1 is 1.18 bits per heavy atom. The highest BCUT2D eigenvalue weighted by atomic mass is 16.5. The summed E-state index contributed by atoms with van der Waals surface area (Å²) in [5, 5.41) is 2.70. The number of carbonyl (C=O) groups excluding carboxylic acids is 2. The van der Waals surface area contributed by atoms with Crippen LogP contribution in [0.25, 0.3) is 0 Å². The highest BCUT2D eigenvalue weighted by molar-refractivity contribution is 5.97. The molecule has 0 saturated carbocycles. The molecule has 1 atom stereocenters. The van der Waals surface area contributed by atoms with Gasteiger partial charge in [-0.05, 0) is 24.1 Å². The van der Waals surface area contributed by atoms with Crippen LogP contribution >= 0.6 is 0 Å². The SMILES string of the molecule is COC(=O)[C@H](NC(=O)c1ccc2c(c1)OCCCO2)C(C)C. The number of rotatable bonds is 4. The van der Waals surface area contributed by atoms with Gasteiger partial charge in [-0.15, -0.1) is 0 Å². The fourth-order valence-corrected chi connectivity index (χ4v) is 2.15. The van der Waals surface area contributed by atoms with Gasteiger partial charge in [-0.1, -0.05) is 13.8 Å². The first kappa shape index (κ1) is 16.1. The van der Waals surface area contributed by atoms with Gasteiger partial charge >= 0.3 is 5.97 Å². The van der Waals surface area contributed by atoms with Crippen molar-refractivity contribution >= 4 is 11.9 Å². The number of methoxy groups -OCH3 is 1. The van der Waals surface area contributed by atoms with E-state index in [-0.39, 0.29) is 11.8 Å². The summed E-state index contributed by atoms with van der Waals surface area (Å²) in [5.74, 6) is 0.293. The number of ether oxygens (including phenoxy) is 3. The number of fused-ring (bicyclic) bond motifs is 1. The standard InChI is InChI=1S/C16H21NO5/c1-10(2)14(16(19)20-3)17-15(18)11-5-6-12-13(9-11)22-8-4-7-21-12/h5-6,9-10,14H,4,7-8H2,1-3H3,(H,17,18)/t14-/m1/s1. The number of hydrogen-bond acceptors (Lipinski definition) is 5. The third-order valence-corrected chi connectivity index (χ3v) is 3.42. The predicted octanol–water partition coefficient (Wildman–Crippen LogP) is 1.78.